The number of hydrogen-bond acceptors (Lipinski definition) is 6. The van der Waals surface area contributed by atoms with Gasteiger partial charge >= 0.3 is 0 Å². The molecule has 1 fully saturated rings. The first-order chi connectivity index (χ1) is 13.7. The molecule has 5 N–H and O–H groups in total. The van der Waals surface area contributed by atoms with E-state index in [-0.39, 0.29) is 6.04 Å². The second-order valence-electron chi connectivity index (χ2n) is 7.49. The number of nitrogens with zero attached hydrogens (tertiary/aromatic N) is 4. The van der Waals surface area contributed by atoms with Crippen molar-refractivity contribution in [2.75, 3.05) is 11.1 Å². The molecule has 0 atom stereocenters. The van der Waals surface area contributed by atoms with Crippen LogP contribution in [0.1, 0.15) is 37.2 Å². The predicted octanol–water partition coefficient (Wildman–Crippen LogP) is 3.59. The van der Waals surface area contributed by atoms with Crippen molar-refractivity contribution in [3.05, 3.63) is 54.5 Å². The summed E-state index contributed by atoms with van der Waals surface area (Å²) >= 11 is 0. The van der Waals surface area contributed by atoms with Gasteiger partial charge in [-0.05, 0) is 43.1 Å². The van der Waals surface area contributed by atoms with E-state index in [1.807, 2.05) is 30.6 Å². The fraction of sp³-hybridized carbons (Fsp3) is 0.286. The van der Waals surface area contributed by atoms with Crippen molar-refractivity contribution in [2.45, 2.75) is 37.6 Å². The number of nitrogens with two attached hydrogens (primary N) is 2. The van der Waals surface area contributed by atoms with E-state index in [9.17, 15) is 0 Å². The molecule has 0 unspecified atom stereocenters. The number of fused-ring (bicyclic) bond motifs is 2. The van der Waals surface area contributed by atoms with Gasteiger partial charge in [-0.3, -0.25) is 0 Å². The molecule has 3 heterocycles. The number of anilines is 3. The van der Waals surface area contributed by atoms with Crippen molar-refractivity contribution in [1.82, 2.24) is 19.6 Å². The highest BCUT2D eigenvalue weighted by molar-refractivity contribution is 5.95. The minimum Gasteiger partial charge on any atom is -0.382 e. The Hall–Kier alpha value is -3.19. The van der Waals surface area contributed by atoms with E-state index in [0.717, 1.165) is 59.2 Å². The van der Waals surface area contributed by atoms with Crippen molar-refractivity contribution < 1.29 is 0 Å². The zero-order valence-electron chi connectivity index (χ0n) is 15.5. The number of aromatic nitrogens is 4. The number of imidazole rings is 1. The Bertz CT molecular complexity index is 1140. The van der Waals surface area contributed by atoms with Gasteiger partial charge in [0.05, 0.1) is 5.69 Å². The third kappa shape index (κ3) is 2.84. The van der Waals surface area contributed by atoms with E-state index in [1.54, 1.807) is 10.7 Å². The molecule has 7 nitrogen and oxygen atoms in total. The van der Waals surface area contributed by atoms with Crippen LogP contribution in [0.4, 0.5) is 17.3 Å². The lowest BCUT2D eigenvalue weighted by Crippen LogP contribution is -2.26. The van der Waals surface area contributed by atoms with Crippen molar-refractivity contribution in [3.63, 3.8) is 0 Å². The van der Waals surface area contributed by atoms with Crippen LogP contribution in [-0.2, 0) is 0 Å². The van der Waals surface area contributed by atoms with Gasteiger partial charge < -0.3 is 16.8 Å². The van der Waals surface area contributed by atoms with Crippen molar-refractivity contribution in [1.29, 1.82) is 0 Å². The molecule has 0 spiro atoms. The second kappa shape index (κ2) is 6.76. The monoisotopic (exact) mass is 373 g/mol. The Morgan fingerprint density at radius 2 is 1.82 bits per heavy atom. The molecular weight excluding hydrogens is 350 g/mol. The van der Waals surface area contributed by atoms with Gasteiger partial charge in [-0.2, -0.15) is 0 Å². The summed E-state index contributed by atoms with van der Waals surface area (Å²) in [6.07, 6.45) is 9.36. The summed E-state index contributed by atoms with van der Waals surface area (Å²) in [6, 6.07) is 10.5. The molecule has 28 heavy (non-hydrogen) atoms. The Morgan fingerprint density at radius 3 is 2.68 bits per heavy atom. The lowest BCUT2D eigenvalue weighted by atomic mass is 9.81. The molecule has 1 aromatic carbocycles. The van der Waals surface area contributed by atoms with Gasteiger partial charge in [-0.15, -0.1) is 5.10 Å². The largest absolute Gasteiger partial charge is 0.382 e. The quantitative estimate of drug-likeness (QED) is 0.507. The van der Waals surface area contributed by atoms with Gasteiger partial charge in [0.15, 0.2) is 5.65 Å². The van der Waals surface area contributed by atoms with Gasteiger partial charge in [0.1, 0.15) is 11.6 Å². The Morgan fingerprint density at radius 1 is 1.00 bits per heavy atom. The zero-order chi connectivity index (χ0) is 19.1. The number of nitrogen functional groups attached to an aromatic ring is 1. The predicted molar refractivity (Wildman–Crippen MR) is 112 cm³/mol. The summed E-state index contributed by atoms with van der Waals surface area (Å²) in [7, 11) is 0. The summed E-state index contributed by atoms with van der Waals surface area (Å²) in [5.41, 5.74) is 15.2. The van der Waals surface area contributed by atoms with Crippen LogP contribution in [0.5, 0.6) is 0 Å². The SMILES string of the molecule is Nc1nn2ccnc2c(Nc2nccc3ccccc23)c1[C@H]1CC[C@H](N)CC1. The van der Waals surface area contributed by atoms with Crippen LogP contribution in [0.3, 0.4) is 0 Å². The summed E-state index contributed by atoms with van der Waals surface area (Å²) in [4.78, 5) is 9.13. The number of rotatable bonds is 3. The minimum atomic E-state index is 0.275. The van der Waals surface area contributed by atoms with Crippen LogP contribution in [0, 0.1) is 0 Å². The summed E-state index contributed by atoms with van der Waals surface area (Å²) < 4.78 is 1.72. The summed E-state index contributed by atoms with van der Waals surface area (Å²) in [6.45, 7) is 0. The van der Waals surface area contributed by atoms with Crippen molar-refractivity contribution >= 4 is 33.7 Å². The van der Waals surface area contributed by atoms with E-state index >= 15 is 0 Å². The molecule has 0 bridgehead atoms. The molecule has 7 heteroatoms. The van der Waals surface area contributed by atoms with Gasteiger partial charge in [0.2, 0.25) is 0 Å². The molecule has 5 rings (SSSR count). The lowest BCUT2D eigenvalue weighted by Gasteiger charge is -2.28. The average Bonchev–Trinajstić information content (AvgIpc) is 3.18. The highest BCUT2D eigenvalue weighted by Crippen LogP contribution is 2.41. The molecule has 1 aliphatic carbocycles. The number of pyridine rings is 1. The van der Waals surface area contributed by atoms with Crippen LogP contribution in [0.25, 0.3) is 16.4 Å². The maximum Gasteiger partial charge on any atom is 0.177 e. The Balaban J connectivity index is 1.67. The van der Waals surface area contributed by atoms with E-state index in [1.165, 1.54) is 0 Å². The van der Waals surface area contributed by atoms with E-state index < -0.39 is 0 Å². The maximum atomic E-state index is 6.43. The van der Waals surface area contributed by atoms with E-state index in [0.29, 0.717) is 11.7 Å². The maximum absolute atomic E-state index is 6.43. The van der Waals surface area contributed by atoms with Crippen LogP contribution >= 0.6 is 0 Å². The van der Waals surface area contributed by atoms with Crippen LogP contribution in [-0.4, -0.2) is 25.6 Å². The summed E-state index contributed by atoms with van der Waals surface area (Å²) in [5.74, 6) is 1.64. The smallest absolute Gasteiger partial charge is 0.177 e. The molecular formula is C21H23N7. The second-order valence-corrected chi connectivity index (χ2v) is 7.49. The minimum absolute atomic E-state index is 0.275. The molecule has 0 amide bonds. The normalized spacial score (nSPS) is 19.9. The van der Waals surface area contributed by atoms with Gasteiger partial charge in [0.25, 0.3) is 0 Å². The Kier molecular flexibility index (Phi) is 4.09. The average molecular weight is 373 g/mol. The number of benzene rings is 1. The molecule has 1 aliphatic rings. The third-order valence-corrected chi connectivity index (χ3v) is 5.70. The van der Waals surface area contributed by atoms with E-state index in [4.69, 9.17) is 11.5 Å². The fourth-order valence-corrected chi connectivity index (χ4v) is 4.26. The zero-order valence-corrected chi connectivity index (χ0v) is 15.5. The molecule has 142 valence electrons. The van der Waals surface area contributed by atoms with E-state index in [2.05, 4.69) is 32.5 Å². The third-order valence-electron chi connectivity index (χ3n) is 5.70. The molecule has 0 radical (unpaired) electrons. The molecule has 4 aromatic rings. The summed E-state index contributed by atoms with van der Waals surface area (Å²) in [5, 5.41) is 10.3. The topological polar surface area (TPSA) is 107 Å². The molecule has 1 saturated carbocycles. The highest BCUT2D eigenvalue weighted by atomic mass is 15.3. The number of nitrogens with one attached hydrogen (secondary N) is 1. The van der Waals surface area contributed by atoms with Crippen LogP contribution in [0.15, 0.2) is 48.9 Å². The lowest BCUT2D eigenvalue weighted by molar-refractivity contribution is 0.396. The standard InChI is InChI=1S/C21H23N7/c22-15-7-5-14(6-8-15)17-18(21-25-11-12-28(21)27-19(17)23)26-20-16-4-2-1-3-13(16)9-10-24-20/h1-4,9-12,14-15H,5-8,22H2,(H2,23,27)(H,24,26)/t14-,15-. The van der Waals surface area contributed by atoms with Crippen LogP contribution in [0.2, 0.25) is 0 Å². The molecule has 3 aromatic heterocycles. The van der Waals surface area contributed by atoms with Crippen LogP contribution < -0.4 is 16.8 Å². The fourth-order valence-electron chi connectivity index (χ4n) is 4.26. The first kappa shape index (κ1) is 16.9. The Labute approximate surface area is 162 Å². The first-order valence-corrected chi connectivity index (χ1v) is 9.70. The molecule has 0 saturated heterocycles. The van der Waals surface area contributed by atoms with Gasteiger partial charge in [-0.1, -0.05) is 24.3 Å². The van der Waals surface area contributed by atoms with Gasteiger partial charge in [0, 0.05) is 35.6 Å². The number of hydrogen-bond donors (Lipinski definition) is 3. The van der Waals surface area contributed by atoms with Gasteiger partial charge in [-0.25, -0.2) is 14.5 Å². The highest BCUT2D eigenvalue weighted by Gasteiger charge is 2.27. The molecule has 0 aliphatic heterocycles. The van der Waals surface area contributed by atoms with Crippen molar-refractivity contribution in [3.8, 4) is 0 Å². The first-order valence-electron chi connectivity index (χ1n) is 9.70. The van der Waals surface area contributed by atoms with Crippen molar-refractivity contribution in [2.24, 2.45) is 5.73 Å².